The van der Waals surface area contributed by atoms with Gasteiger partial charge in [0.1, 0.15) is 0 Å². The maximum Gasteiger partial charge on any atom is 0.350 e. The van der Waals surface area contributed by atoms with E-state index in [0.717, 1.165) is 6.20 Å². The maximum absolute atomic E-state index is 14.0. The van der Waals surface area contributed by atoms with E-state index < -0.39 is 23.5 Å². The number of nitrogens with one attached hydrogen (secondary N) is 1. The quantitative estimate of drug-likeness (QED) is 0.506. The molecule has 7 heteroatoms. The molecule has 2 rings (SSSR count). The van der Waals surface area contributed by atoms with Crippen molar-refractivity contribution in [2.24, 2.45) is 5.92 Å². The van der Waals surface area contributed by atoms with Crippen molar-refractivity contribution in [1.82, 2.24) is 0 Å². The van der Waals surface area contributed by atoms with E-state index in [-0.39, 0.29) is 17.2 Å². The number of hydrogen-bond donors (Lipinski definition) is 1. The highest BCUT2D eigenvalue weighted by Crippen LogP contribution is 2.24. The van der Waals surface area contributed by atoms with E-state index in [9.17, 15) is 14.0 Å². The van der Waals surface area contributed by atoms with E-state index in [2.05, 4.69) is 5.32 Å². The van der Waals surface area contributed by atoms with Crippen LogP contribution in [0.4, 0.5) is 10.1 Å². The fraction of sp³-hybridized carbons (Fsp3) is 0.412. The van der Waals surface area contributed by atoms with Gasteiger partial charge in [-0.1, -0.05) is 13.8 Å². The molecule has 1 aromatic carbocycles. The molecule has 0 amide bonds. The molecule has 1 aromatic rings. The lowest BCUT2D eigenvalue weighted by Crippen LogP contribution is -2.42. The monoisotopic (exact) mass is 337 g/mol. The zero-order valence-corrected chi connectivity index (χ0v) is 14.0. The number of cyclic esters (lactones) is 2. The summed E-state index contributed by atoms with van der Waals surface area (Å²) in [6.45, 7) is 7.24. The lowest BCUT2D eigenvalue weighted by atomic mass is 10.2. The standard InChI is InChI=1S/C17H20FNO5/c1-10(2)9-22-14-6-5-11(7-13(14)18)19-8-12-15(20)23-17(3,4)24-16(12)21/h5-8,10,19H,9H2,1-4H3. The van der Waals surface area contributed by atoms with Gasteiger partial charge in [0.05, 0.1) is 6.61 Å². The second kappa shape index (κ2) is 6.90. The Kier molecular flexibility index (Phi) is 5.11. The molecule has 0 atom stereocenters. The average molecular weight is 337 g/mol. The van der Waals surface area contributed by atoms with Crippen LogP contribution in [-0.4, -0.2) is 24.3 Å². The van der Waals surface area contributed by atoms with Crippen molar-refractivity contribution in [3.63, 3.8) is 0 Å². The lowest BCUT2D eigenvalue weighted by Gasteiger charge is -2.29. The summed E-state index contributed by atoms with van der Waals surface area (Å²) in [5.74, 6) is -3.04. The van der Waals surface area contributed by atoms with Crippen LogP contribution in [0.2, 0.25) is 0 Å². The van der Waals surface area contributed by atoms with Gasteiger partial charge in [-0.15, -0.1) is 0 Å². The molecule has 1 N–H and O–H groups in total. The number of carbonyl (C=O) groups excluding carboxylic acids is 2. The van der Waals surface area contributed by atoms with E-state index in [0.29, 0.717) is 12.3 Å². The summed E-state index contributed by atoms with van der Waals surface area (Å²) in [6, 6.07) is 4.24. The zero-order chi connectivity index (χ0) is 17.9. The van der Waals surface area contributed by atoms with Crippen molar-refractivity contribution in [3.8, 4) is 5.75 Å². The molecule has 1 saturated heterocycles. The van der Waals surface area contributed by atoms with E-state index in [1.165, 1.54) is 26.0 Å². The Labute approximate surface area is 139 Å². The van der Waals surface area contributed by atoms with Gasteiger partial charge in [-0.25, -0.2) is 14.0 Å². The molecule has 24 heavy (non-hydrogen) atoms. The molecule has 1 aliphatic heterocycles. The Morgan fingerprint density at radius 2 is 1.88 bits per heavy atom. The number of ether oxygens (including phenoxy) is 3. The lowest BCUT2D eigenvalue weighted by molar-refractivity contribution is -0.222. The predicted molar refractivity (Wildman–Crippen MR) is 84.7 cm³/mol. The van der Waals surface area contributed by atoms with Crippen molar-refractivity contribution in [2.75, 3.05) is 11.9 Å². The average Bonchev–Trinajstić information content (AvgIpc) is 2.44. The van der Waals surface area contributed by atoms with Crippen LogP contribution < -0.4 is 10.1 Å². The summed E-state index contributed by atoms with van der Waals surface area (Å²) in [5.41, 5.74) is 0.0530. The fourth-order valence-electron chi connectivity index (χ4n) is 1.90. The number of rotatable bonds is 5. The Balaban J connectivity index is 2.07. The first-order chi connectivity index (χ1) is 11.2. The third-order valence-electron chi connectivity index (χ3n) is 3.00. The Hall–Kier alpha value is -2.57. The van der Waals surface area contributed by atoms with Gasteiger partial charge in [0.15, 0.2) is 17.1 Å². The van der Waals surface area contributed by atoms with E-state index in [4.69, 9.17) is 14.2 Å². The van der Waals surface area contributed by atoms with E-state index >= 15 is 0 Å². The number of carbonyl (C=O) groups is 2. The van der Waals surface area contributed by atoms with Gasteiger partial charge in [0.25, 0.3) is 5.79 Å². The minimum atomic E-state index is -1.30. The van der Waals surface area contributed by atoms with Gasteiger partial charge in [0, 0.05) is 31.8 Å². The molecule has 0 unspecified atom stereocenters. The first-order valence-electron chi connectivity index (χ1n) is 7.53. The largest absolute Gasteiger partial charge is 0.490 e. The number of esters is 2. The molecule has 1 fully saturated rings. The molecule has 0 aliphatic carbocycles. The molecular weight excluding hydrogens is 317 g/mol. The summed E-state index contributed by atoms with van der Waals surface area (Å²) < 4.78 is 29.2. The predicted octanol–water partition coefficient (Wildman–Crippen LogP) is 2.99. The van der Waals surface area contributed by atoms with Gasteiger partial charge in [0.2, 0.25) is 0 Å². The van der Waals surface area contributed by atoms with Gasteiger partial charge >= 0.3 is 11.9 Å². The molecule has 0 saturated carbocycles. The van der Waals surface area contributed by atoms with Crippen LogP contribution in [-0.2, 0) is 19.1 Å². The molecular formula is C17H20FNO5. The summed E-state index contributed by atoms with van der Waals surface area (Å²) in [6.07, 6.45) is 1.13. The zero-order valence-electron chi connectivity index (χ0n) is 14.0. The van der Waals surface area contributed by atoms with Gasteiger partial charge < -0.3 is 19.5 Å². The highest BCUT2D eigenvalue weighted by atomic mass is 19.1. The molecule has 6 nitrogen and oxygen atoms in total. The van der Waals surface area contributed by atoms with Crippen LogP contribution >= 0.6 is 0 Å². The second-order valence-electron chi connectivity index (χ2n) is 6.23. The van der Waals surface area contributed by atoms with Crippen LogP contribution in [0.3, 0.4) is 0 Å². The second-order valence-corrected chi connectivity index (χ2v) is 6.23. The Bertz CT molecular complexity index is 660. The number of benzene rings is 1. The molecule has 0 bridgehead atoms. The van der Waals surface area contributed by atoms with Gasteiger partial charge in [-0.2, -0.15) is 0 Å². The van der Waals surface area contributed by atoms with Gasteiger partial charge in [-0.05, 0) is 18.1 Å². The first kappa shape index (κ1) is 17.8. The first-order valence-corrected chi connectivity index (χ1v) is 7.53. The maximum atomic E-state index is 14.0. The highest BCUT2D eigenvalue weighted by molar-refractivity contribution is 6.15. The molecule has 1 aliphatic rings. The molecule has 130 valence electrons. The number of hydrogen-bond acceptors (Lipinski definition) is 6. The van der Waals surface area contributed by atoms with Crippen molar-refractivity contribution in [1.29, 1.82) is 0 Å². The summed E-state index contributed by atoms with van der Waals surface area (Å²) in [4.78, 5) is 23.6. The number of halogens is 1. The van der Waals surface area contributed by atoms with Crippen molar-refractivity contribution in [3.05, 3.63) is 35.8 Å². The molecule has 0 spiro atoms. The molecule has 1 heterocycles. The highest BCUT2D eigenvalue weighted by Gasteiger charge is 2.38. The number of anilines is 1. The van der Waals surface area contributed by atoms with Crippen LogP contribution in [0.5, 0.6) is 5.75 Å². The SMILES string of the molecule is CC(C)COc1ccc(NC=C2C(=O)OC(C)(C)OC2=O)cc1F. The molecule has 0 aromatic heterocycles. The fourth-order valence-corrected chi connectivity index (χ4v) is 1.90. The normalized spacial score (nSPS) is 16.5. The third-order valence-corrected chi connectivity index (χ3v) is 3.00. The van der Waals surface area contributed by atoms with Crippen molar-refractivity contribution in [2.45, 2.75) is 33.5 Å². The minimum Gasteiger partial charge on any atom is -0.490 e. The van der Waals surface area contributed by atoms with E-state index in [1.807, 2.05) is 13.8 Å². The van der Waals surface area contributed by atoms with E-state index in [1.54, 1.807) is 6.07 Å². The minimum absolute atomic E-state index is 0.139. The van der Waals surface area contributed by atoms with Crippen molar-refractivity contribution >= 4 is 17.6 Å². The van der Waals surface area contributed by atoms with Gasteiger partial charge in [-0.3, -0.25) is 0 Å². The summed E-state index contributed by atoms with van der Waals surface area (Å²) in [5, 5.41) is 2.68. The topological polar surface area (TPSA) is 73.9 Å². The molecule has 0 radical (unpaired) electrons. The van der Waals surface area contributed by atoms with Crippen LogP contribution in [0.25, 0.3) is 0 Å². The van der Waals surface area contributed by atoms with Crippen molar-refractivity contribution < 1.29 is 28.2 Å². The Morgan fingerprint density at radius 1 is 1.25 bits per heavy atom. The summed E-state index contributed by atoms with van der Waals surface area (Å²) >= 11 is 0. The third kappa shape index (κ3) is 4.47. The van der Waals surface area contributed by atoms with Crippen LogP contribution in [0.15, 0.2) is 30.0 Å². The van der Waals surface area contributed by atoms with Crippen LogP contribution in [0, 0.1) is 11.7 Å². The smallest absolute Gasteiger partial charge is 0.350 e. The summed E-state index contributed by atoms with van der Waals surface area (Å²) in [7, 11) is 0. The Morgan fingerprint density at radius 3 is 2.42 bits per heavy atom. The van der Waals surface area contributed by atoms with Crippen LogP contribution in [0.1, 0.15) is 27.7 Å².